The third-order valence-electron chi connectivity index (χ3n) is 2.62. The van der Waals surface area contributed by atoms with Crippen LogP contribution in [0.25, 0.3) is 0 Å². The van der Waals surface area contributed by atoms with Crippen LogP contribution in [0.5, 0.6) is 0 Å². The number of nitrogens with zero attached hydrogens (tertiary/aromatic N) is 1. The lowest BCUT2D eigenvalue weighted by Crippen LogP contribution is -2.43. The summed E-state index contributed by atoms with van der Waals surface area (Å²) in [6.45, 7) is 4.30. The van der Waals surface area contributed by atoms with E-state index in [1.165, 1.54) is 13.8 Å². The topological polar surface area (TPSA) is 48.3 Å². The summed E-state index contributed by atoms with van der Waals surface area (Å²) in [6.07, 6.45) is -3.96. The van der Waals surface area contributed by atoms with E-state index in [9.17, 15) is 22.8 Å². The molecule has 0 fully saturated rings. The molecule has 19 heavy (non-hydrogen) atoms. The van der Waals surface area contributed by atoms with E-state index in [2.05, 4.69) is 0 Å². The first-order valence-corrected chi connectivity index (χ1v) is 5.58. The van der Waals surface area contributed by atoms with Crippen molar-refractivity contribution in [3.05, 3.63) is 34.2 Å². The van der Waals surface area contributed by atoms with Crippen LogP contribution in [0.2, 0.25) is 0 Å². The van der Waals surface area contributed by atoms with E-state index in [0.717, 1.165) is 10.6 Å². The van der Waals surface area contributed by atoms with E-state index in [4.69, 9.17) is 4.74 Å². The first-order chi connectivity index (χ1) is 8.60. The van der Waals surface area contributed by atoms with Crippen molar-refractivity contribution in [1.29, 1.82) is 0 Å². The Bertz CT molecular complexity index is 532. The molecule has 0 N–H and O–H groups in total. The van der Waals surface area contributed by atoms with E-state index < -0.39 is 28.8 Å². The Kier molecular flexibility index (Phi) is 4.07. The van der Waals surface area contributed by atoms with Crippen LogP contribution in [0.4, 0.5) is 13.2 Å². The third-order valence-corrected chi connectivity index (χ3v) is 2.62. The Labute approximate surface area is 107 Å². The molecule has 1 aromatic rings. The van der Waals surface area contributed by atoms with Crippen molar-refractivity contribution in [2.75, 3.05) is 6.61 Å². The van der Waals surface area contributed by atoms with Gasteiger partial charge in [-0.3, -0.25) is 9.36 Å². The maximum absolute atomic E-state index is 12.6. The van der Waals surface area contributed by atoms with Crippen LogP contribution in [0, 0.1) is 0 Å². The van der Waals surface area contributed by atoms with E-state index in [1.54, 1.807) is 6.92 Å². The van der Waals surface area contributed by atoms with E-state index in [-0.39, 0.29) is 6.61 Å². The number of hydrogen-bond donors (Lipinski definition) is 0. The third kappa shape index (κ3) is 3.15. The minimum atomic E-state index is -4.58. The summed E-state index contributed by atoms with van der Waals surface area (Å²) >= 11 is 0. The number of halogens is 3. The van der Waals surface area contributed by atoms with Gasteiger partial charge < -0.3 is 4.74 Å². The standard InChI is InChI=1S/C12H14F3NO3/c1-4-19-10(18)11(2,3)16-7-8(12(13,14)15)5-6-9(16)17/h5-7H,4H2,1-3H3. The van der Waals surface area contributed by atoms with E-state index >= 15 is 0 Å². The molecule has 106 valence electrons. The van der Waals surface area contributed by atoms with Gasteiger partial charge in [-0.25, -0.2) is 4.79 Å². The summed E-state index contributed by atoms with van der Waals surface area (Å²) in [5, 5.41) is 0. The predicted molar refractivity (Wildman–Crippen MR) is 61.7 cm³/mol. The Hall–Kier alpha value is -1.79. The van der Waals surface area contributed by atoms with Crippen molar-refractivity contribution >= 4 is 5.97 Å². The number of esters is 1. The fourth-order valence-electron chi connectivity index (χ4n) is 1.50. The lowest BCUT2D eigenvalue weighted by molar-refractivity contribution is -0.153. The van der Waals surface area contributed by atoms with Gasteiger partial charge in [-0.05, 0) is 26.8 Å². The van der Waals surface area contributed by atoms with Gasteiger partial charge in [0.25, 0.3) is 5.56 Å². The molecule has 0 unspecified atom stereocenters. The zero-order valence-corrected chi connectivity index (χ0v) is 10.7. The highest BCUT2D eigenvalue weighted by molar-refractivity contribution is 5.77. The molecule has 1 heterocycles. The van der Waals surface area contributed by atoms with Gasteiger partial charge >= 0.3 is 12.1 Å². The van der Waals surface area contributed by atoms with E-state index in [0.29, 0.717) is 12.3 Å². The fraction of sp³-hybridized carbons (Fsp3) is 0.500. The van der Waals surface area contributed by atoms with Gasteiger partial charge in [-0.1, -0.05) is 0 Å². The minimum Gasteiger partial charge on any atom is -0.464 e. The number of carbonyl (C=O) groups is 1. The summed E-state index contributed by atoms with van der Waals surface area (Å²) in [5.74, 6) is -0.767. The minimum absolute atomic E-state index is 0.0793. The van der Waals surface area contributed by atoms with Crippen molar-refractivity contribution in [3.63, 3.8) is 0 Å². The van der Waals surface area contributed by atoms with Crippen molar-refractivity contribution in [3.8, 4) is 0 Å². The molecule has 0 atom stereocenters. The zero-order valence-electron chi connectivity index (χ0n) is 10.7. The molecule has 0 aliphatic carbocycles. The van der Waals surface area contributed by atoms with Gasteiger partial charge in [-0.15, -0.1) is 0 Å². The van der Waals surface area contributed by atoms with Gasteiger partial charge in [0.05, 0.1) is 12.2 Å². The average Bonchev–Trinajstić information content (AvgIpc) is 2.28. The van der Waals surface area contributed by atoms with Crippen molar-refractivity contribution in [2.24, 2.45) is 0 Å². The second-order valence-electron chi connectivity index (χ2n) is 4.40. The molecule has 1 rings (SSSR count). The first-order valence-electron chi connectivity index (χ1n) is 5.58. The number of ether oxygens (including phenoxy) is 1. The van der Waals surface area contributed by atoms with Crippen LogP contribution in [-0.4, -0.2) is 17.1 Å². The maximum atomic E-state index is 12.6. The molecule has 1 aromatic heterocycles. The monoisotopic (exact) mass is 277 g/mol. The number of rotatable bonds is 3. The molecule has 0 amide bonds. The van der Waals surface area contributed by atoms with Crippen LogP contribution in [0.15, 0.2) is 23.1 Å². The number of carbonyl (C=O) groups excluding carboxylic acids is 1. The molecule has 0 aromatic carbocycles. The molecule has 0 aliphatic heterocycles. The Morgan fingerprint density at radius 3 is 2.37 bits per heavy atom. The van der Waals surface area contributed by atoms with Crippen molar-refractivity contribution in [1.82, 2.24) is 4.57 Å². The number of aromatic nitrogens is 1. The highest BCUT2D eigenvalue weighted by atomic mass is 19.4. The second-order valence-corrected chi connectivity index (χ2v) is 4.40. The summed E-state index contributed by atoms with van der Waals surface area (Å²) in [7, 11) is 0. The summed E-state index contributed by atoms with van der Waals surface area (Å²) < 4.78 is 43.3. The van der Waals surface area contributed by atoms with Gasteiger partial charge in [0, 0.05) is 12.3 Å². The molecule has 0 bridgehead atoms. The predicted octanol–water partition coefficient (Wildman–Crippen LogP) is 2.17. The average molecular weight is 277 g/mol. The zero-order chi connectivity index (χ0) is 14.8. The Morgan fingerprint density at radius 1 is 1.32 bits per heavy atom. The highest BCUT2D eigenvalue weighted by Crippen LogP contribution is 2.29. The van der Waals surface area contributed by atoms with Crippen molar-refractivity contribution in [2.45, 2.75) is 32.5 Å². The lowest BCUT2D eigenvalue weighted by Gasteiger charge is -2.25. The molecule has 0 radical (unpaired) electrons. The van der Waals surface area contributed by atoms with Crippen LogP contribution >= 0.6 is 0 Å². The van der Waals surface area contributed by atoms with Crippen LogP contribution in [0.3, 0.4) is 0 Å². The summed E-state index contributed by atoms with van der Waals surface area (Å²) in [5.41, 5.74) is -3.20. The van der Waals surface area contributed by atoms with Gasteiger partial charge in [0.2, 0.25) is 0 Å². The van der Waals surface area contributed by atoms with Crippen LogP contribution in [-0.2, 0) is 21.2 Å². The first kappa shape index (κ1) is 15.3. The summed E-state index contributed by atoms with van der Waals surface area (Å²) in [6, 6.07) is 1.46. The smallest absolute Gasteiger partial charge is 0.417 e. The molecule has 4 nitrogen and oxygen atoms in total. The molecule has 0 saturated heterocycles. The van der Waals surface area contributed by atoms with Gasteiger partial charge in [0.15, 0.2) is 0 Å². The Balaban J connectivity index is 3.34. The molecular weight excluding hydrogens is 263 g/mol. The lowest BCUT2D eigenvalue weighted by atomic mass is 10.0. The molecular formula is C12H14F3NO3. The van der Waals surface area contributed by atoms with Crippen molar-refractivity contribution < 1.29 is 22.7 Å². The fourth-order valence-corrected chi connectivity index (χ4v) is 1.50. The van der Waals surface area contributed by atoms with Crippen LogP contribution in [0.1, 0.15) is 26.3 Å². The quantitative estimate of drug-likeness (QED) is 0.795. The number of pyridine rings is 1. The van der Waals surface area contributed by atoms with Gasteiger partial charge in [0.1, 0.15) is 5.54 Å². The highest BCUT2D eigenvalue weighted by Gasteiger charge is 2.36. The number of hydrogen-bond acceptors (Lipinski definition) is 3. The largest absolute Gasteiger partial charge is 0.464 e. The van der Waals surface area contributed by atoms with Gasteiger partial charge in [-0.2, -0.15) is 13.2 Å². The second kappa shape index (κ2) is 5.07. The molecule has 0 saturated carbocycles. The molecule has 0 spiro atoms. The summed E-state index contributed by atoms with van der Waals surface area (Å²) in [4.78, 5) is 23.4. The van der Waals surface area contributed by atoms with Crippen LogP contribution < -0.4 is 5.56 Å². The Morgan fingerprint density at radius 2 is 1.89 bits per heavy atom. The molecule has 0 aliphatic rings. The maximum Gasteiger partial charge on any atom is 0.417 e. The normalized spacial score (nSPS) is 12.3. The van der Waals surface area contributed by atoms with E-state index in [1.807, 2.05) is 0 Å². The molecule has 7 heteroatoms. The SMILES string of the molecule is CCOC(=O)C(C)(C)n1cc(C(F)(F)F)ccc1=O. The number of alkyl halides is 3.